The predicted octanol–water partition coefficient (Wildman–Crippen LogP) is 2.01. The molecule has 0 fully saturated rings. The van der Waals surface area contributed by atoms with Crippen molar-refractivity contribution in [2.24, 2.45) is 0 Å². The lowest BCUT2D eigenvalue weighted by Crippen LogP contribution is -2.34. The highest BCUT2D eigenvalue weighted by Gasteiger charge is 2.24. The first-order valence-electron chi connectivity index (χ1n) is 8.63. The quantitative estimate of drug-likeness (QED) is 0.715. The summed E-state index contributed by atoms with van der Waals surface area (Å²) in [5, 5.41) is 0. The van der Waals surface area contributed by atoms with Crippen LogP contribution in [0.2, 0.25) is 0 Å². The van der Waals surface area contributed by atoms with Gasteiger partial charge in [0.15, 0.2) is 11.5 Å². The van der Waals surface area contributed by atoms with Gasteiger partial charge < -0.3 is 23.8 Å². The molecule has 0 bridgehead atoms. The van der Waals surface area contributed by atoms with E-state index in [1.54, 1.807) is 6.07 Å². The van der Waals surface area contributed by atoms with E-state index >= 15 is 0 Å². The second-order valence-corrected chi connectivity index (χ2v) is 8.20. The molecule has 0 radical (unpaired) electrons. The first-order chi connectivity index (χ1) is 13.4. The monoisotopic (exact) mass is 408 g/mol. The molecule has 1 aliphatic heterocycles. The van der Waals surface area contributed by atoms with E-state index in [4.69, 9.17) is 18.9 Å². The number of hydrogen-bond donors (Lipinski definition) is 1. The third-order valence-corrected chi connectivity index (χ3v) is 5.99. The molecule has 8 nitrogen and oxygen atoms in total. The normalized spacial score (nSPS) is 14.2. The molecule has 152 valence electrons. The van der Waals surface area contributed by atoms with Crippen molar-refractivity contribution in [1.82, 2.24) is 9.62 Å². The fraction of sp³-hybridized carbons (Fsp3) is 0.368. The smallest absolute Gasteiger partial charge is 0.244 e. The Labute approximate surface area is 165 Å². The van der Waals surface area contributed by atoms with Gasteiger partial charge in [0, 0.05) is 18.7 Å². The molecular formula is C19H24N2O6S. The molecular weight excluding hydrogens is 384 g/mol. The molecule has 1 N–H and O–H groups in total. The van der Waals surface area contributed by atoms with Crippen molar-refractivity contribution in [2.45, 2.75) is 10.9 Å². The first-order valence-corrected chi connectivity index (χ1v) is 10.1. The highest BCUT2D eigenvalue weighted by Crippen LogP contribution is 2.35. The number of nitrogens with zero attached hydrogens (tertiary/aromatic N) is 1. The molecule has 3 rings (SSSR count). The lowest BCUT2D eigenvalue weighted by molar-refractivity contribution is 0.174. The first kappa shape index (κ1) is 20.2. The van der Waals surface area contributed by atoms with Crippen LogP contribution in [0, 0.1) is 0 Å². The van der Waals surface area contributed by atoms with E-state index in [1.807, 2.05) is 37.2 Å². The molecule has 28 heavy (non-hydrogen) atoms. The summed E-state index contributed by atoms with van der Waals surface area (Å²) < 4.78 is 49.5. The third kappa shape index (κ3) is 4.16. The summed E-state index contributed by atoms with van der Waals surface area (Å²) >= 11 is 0. The Morgan fingerprint density at radius 2 is 1.82 bits per heavy atom. The van der Waals surface area contributed by atoms with Crippen LogP contribution in [0.1, 0.15) is 11.6 Å². The van der Waals surface area contributed by atoms with Gasteiger partial charge in [0.05, 0.1) is 14.2 Å². The lowest BCUT2D eigenvalue weighted by atomic mass is 10.1. The maximum Gasteiger partial charge on any atom is 0.244 e. The minimum atomic E-state index is -3.79. The number of sulfonamides is 1. The maximum absolute atomic E-state index is 12.9. The van der Waals surface area contributed by atoms with E-state index in [0.29, 0.717) is 17.2 Å². The van der Waals surface area contributed by atoms with Gasteiger partial charge in [-0.3, -0.25) is 0 Å². The van der Waals surface area contributed by atoms with Crippen LogP contribution in [0.5, 0.6) is 23.0 Å². The van der Waals surface area contributed by atoms with Gasteiger partial charge in [-0.1, -0.05) is 6.07 Å². The number of ether oxygens (including phenoxy) is 4. The van der Waals surface area contributed by atoms with E-state index in [0.717, 1.165) is 5.56 Å². The number of methoxy groups -OCH3 is 2. The van der Waals surface area contributed by atoms with Crippen LogP contribution >= 0.6 is 0 Å². The molecule has 1 heterocycles. The maximum atomic E-state index is 12.9. The molecule has 2 aromatic carbocycles. The Bertz CT molecular complexity index is 945. The minimum Gasteiger partial charge on any atom is -0.497 e. The molecule has 0 aromatic heterocycles. The summed E-state index contributed by atoms with van der Waals surface area (Å²) in [5.41, 5.74) is 0.915. The summed E-state index contributed by atoms with van der Waals surface area (Å²) in [5.74, 6) is 2.08. The molecule has 0 saturated heterocycles. The Morgan fingerprint density at radius 1 is 1.07 bits per heavy atom. The van der Waals surface area contributed by atoms with Gasteiger partial charge in [0.1, 0.15) is 16.4 Å². The van der Waals surface area contributed by atoms with E-state index < -0.39 is 10.0 Å². The summed E-state index contributed by atoms with van der Waals surface area (Å²) in [4.78, 5) is 1.99. The Kier molecular flexibility index (Phi) is 5.97. The Balaban J connectivity index is 1.82. The van der Waals surface area contributed by atoms with Crippen LogP contribution in [-0.2, 0) is 10.0 Å². The van der Waals surface area contributed by atoms with Crippen molar-refractivity contribution in [3.63, 3.8) is 0 Å². The van der Waals surface area contributed by atoms with Crippen LogP contribution < -0.4 is 23.7 Å². The van der Waals surface area contributed by atoms with Crippen molar-refractivity contribution < 1.29 is 27.4 Å². The second-order valence-electron chi connectivity index (χ2n) is 6.46. The van der Waals surface area contributed by atoms with Crippen LogP contribution in [0.25, 0.3) is 0 Å². The van der Waals surface area contributed by atoms with Crippen molar-refractivity contribution in [3.05, 3.63) is 42.0 Å². The molecule has 0 spiro atoms. The van der Waals surface area contributed by atoms with E-state index in [-0.39, 0.29) is 30.0 Å². The average Bonchev–Trinajstić information content (AvgIpc) is 3.15. The second kappa shape index (κ2) is 8.26. The molecule has 0 aliphatic carbocycles. The summed E-state index contributed by atoms with van der Waals surface area (Å²) in [7, 11) is 2.91. The Hall–Kier alpha value is -2.49. The molecule has 1 atom stereocenters. The van der Waals surface area contributed by atoms with Gasteiger partial charge in [-0.25, -0.2) is 13.1 Å². The lowest BCUT2D eigenvalue weighted by Gasteiger charge is -2.25. The number of rotatable bonds is 8. The van der Waals surface area contributed by atoms with Gasteiger partial charge in [0.2, 0.25) is 16.8 Å². The number of benzene rings is 2. The predicted molar refractivity (Wildman–Crippen MR) is 104 cm³/mol. The topological polar surface area (TPSA) is 86.3 Å². The fourth-order valence-electron chi connectivity index (χ4n) is 2.98. The van der Waals surface area contributed by atoms with Crippen molar-refractivity contribution in [2.75, 3.05) is 41.7 Å². The van der Waals surface area contributed by atoms with E-state index in [2.05, 4.69) is 4.72 Å². The molecule has 2 aromatic rings. The summed E-state index contributed by atoms with van der Waals surface area (Å²) in [6.45, 7) is 0.361. The average molecular weight is 408 g/mol. The zero-order chi connectivity index (χ0) is 20.3. The SMILES string of the molecule is COc1ccc(S(=O)(=O)NCC(c2ccc3c(c2)OCO3)N(C)C)c(OC)c1. The zero-order valence-electron chi connectivity index (χ0n) is 16.3. The summed E-state index contributed by atoms with van der Waals surface area (Å²) in [6.07, 6.45) is 0. The fourth-order valence-corrected chi connectivity index (χ4v) is 4.17. The Morgan fingerprint density at radius 3 is 2.50 bits per heavy atom. The molecule has 0 saturated carbocycles. The summed E-state index contributed by atoms with van der Waals surface area (Å²) in [6, 6.07) is 9.98. The molecule has 9 heteroatoms. The minimum absolute atomic E-state index is 0.0546. The van der Waals surface area contributed by atoms with Crippen LogP contribution in [0.3, 0.4) is 0 Å². The van der Waals surface area contributed by atoms with Gasteiger partial charge in [-0.05, 0) is 43.9 Å². The number of hydrogen-bond acceptors (Lipinski definition) is 7. The van der Waals surface area contributed by atoms with Crippen molar-refractivity contribution in [1.29, 1.82) is 0 Å². The largest absolute Gasteiger partial charge is 0.497 e. The van der Waals surface area contributed by atoms with E-state index in [9.17, 15) is 8.42 Å². The molecule has 1 aliphatic rings. The van der Waals surface area contributed by atoms with Crippen LogP contribution in [0.15, 0.2) is 41.3 Å². The third-order valence-electron chi connectivity index (χ3n) is 4.53. The van der Waals surface area contributed by atoms with Gasteiger partial charge >= 0.3 is 0 Å². The van der Waals surface area contributed by atoms with Crippen LogP contribution in [-0.4, -0.2) is 55.0 Å². The van der Waals surface area contributed by atoms with Crippen molar-refractivity contribution in [3.8, 4) is 23.0 Å². The van der Waals surface area contributed by atoms with Gasteiger partial charge in [-0.15, -0.1) is 0 Å². The molecule has 1 unspecified atom stereocenters. The van der Waals surface area contributed by atoms with Crippen LogP contribution in [0.4, 0.5) is 0 Å². The highest BCUT2D eigenvalue weighted by atomic mass is 32.2. The number of fused-ring (bicyclic) bond motifs is 1. The number of nitrogens with one attached hydrogen (secondary N) is 1. The zero-order valence-corrected chi connectivity index (χ0v) is 17.1. The number of likely N-dealkylation sites (N-methyl/N-ethyl adjacent to an activating group) is 1. The van der Waals surface area contributed by atoms with Gasteiger partial charge in [-0.2, -0.15) is 0 Å². The van der Waals surface area contributed by atoms with Crippen molar-refractivity contribution >= 4 is 10.0 Å². The highest BCUT2D eigenvalue weighted by molar-refractivity contribution is 7.89. The standard InChI is InChI=1S/C19H24N2O6S/c1-21(2)15(13-5-7-16-17(9-13)27-12-26-16)11-20-28(22,23)19-8-6-14(24-3)10-18(19)25-4/h5-10,15,20H,11-12H2,1-4H3. The van der Waals surface area contributed by atoms with E-state index in [1.165, 1.54) is 26.4 Å². The van der Waals surface area contributed by atoms with Gasteiger partial charge in [0.25, 0.3) is 0 Å². The molecule has 0 amide bonds.